The summed E-state index contributed by atoms with van der Waals surface area (Å²) in [6.45, 7) is 0.453. The van der Waals surface area contributed by atoms with E-state index in [0.29, 0.717) is 22.3 Å². The van der Waals surface area contributed by atoms with Gasteiger partial charge in [0.15, 0.2) is 0 Å². The van der Waals surface area contributed by atoms with E-state index < -0.39 is 0 Å². The number of halogens is 2. The summed E-state index contributed by atoms with van der Waals surface area (Å²) in [5.74, 6) is -0.313. The van der Waals surface area contributed by atoms with Gasteiger partial charge in [0.05, 0.1) is 24.3 Å². The van der Waals surface area contributed by atoms with Crippen LogP contribution in [0.4, 0.5) is 0 Å². The van der Waals surface area contributed by atoms with Gasteiger partial charge in [-0.05, 0) is 76.2 Å². The minimum Gasteiger partial charge on any atom is -0.346 e. The van der Waals surface area contributed by atoms with Gasteiger partial charge >= 0.3 is 0 Å². The summed E-state index contributed by atoms with van der Waals surface area (Å²) < 4.78 is 2.03. The summed E-state index contributed by atoms with van der Waals surface area (Å²) in [5, 5.41) is 7.22. The molecule has 1 amide bonds. The lowest BCUT2D eigenvalue weighted by atomic mass is 9.87. The Balaban J connectivity index is 1.49. The molecule has 1 atom stereocenters. The molecule has 0 aliphatic carbocycles. The maximum atomic E-state index is 13.2. The van der Waals surface area contributed by atoms with Crippen molar-refractivity contribution in [1.29, 1.82) is 0 Å². The van der Waals surface area contributed by atoms with Crippen LogP contribution in [0.3, 0.4) is 0 Å². The number of carbonyl (C=O) groups excluding carboxylic acids is 1. The Kier molecular flexibility index (Phi) is 7.39. The van der Waals surface area contributed by atoms with Crippen LogP contribution in [0.15, 0.2) is 103 Å². The zero-order valence-electron chi connectivity index (χ0n) is 21.5. The number of nitrogens with zero attached hydrogens (tertiary/aromatic N) is 3. The first kappa shape index (κ1) is 26.3. The highest BCUT2D eigenvalue weighted by atomic mass is 35.5. The fraction of sp³-hybridized carbons (Fsp3) is 0.0938. The molecule has 1 N–H and O–H groups in total. The number of thiophene rings is 1. The molecule has 6 rings (SSSR count). The molecule has 3 aromatic heterocycles. The standard InChI is InChI=1S/C32H24Cl2N4OS/c1-38-19-35-18-30(38)31(20-7-10-23(33)11-8-20)22-9-12-28-27(15-22)26(21-4-2-5-24(34)14-21)16-29(37-28)32(39)36-17-25-6-3-13-40-25/h2-16,18-19,31H,17H2,1H3,(H,36,39). The van der Waals surface area contributed by atoms with Crippen molar-refractivity contribution in [3.05, 3.63) is 140 Å². The Morgan fingerprint density at radius 3 is 2.50 bits per heavy atom. The number of benzene rings is 3. The van der Waals surface area contributed by atoms with Crippen LogP contribution in [0.25, 0.3) is 22.0 Å². The van der Waals surface area contributed by atoms with Gasteiger partial charge in [-0.1, -0.05) is 59.6 Å². The maximum Gasteiger partial charge on any atom is 0.270 e. The van der Waals surface area contributed by atoms with Crippen molar-refractivity contribution in [3.63, 3.8) is 0 Å². The molecule has 0 spiro atoms. The van der Waals surface area contributed by atoms with Crippen molar-refractivity contribution < 1.29 is 4.79 Å². The van der Waals surface area contributed by atoms with E-state index in [1.807, 2.05) is 96.0 Å². The lowest BCUT2D eigenvalue weighted by Gasteiger charge is -2.20. The zero-order chi connectivity index (χ0) is 27.6. The van der Waals surface area contributed by atoms with Gasteiger partial charge in [-0.2, -0.15) is 0 Å². The predicted molar refractivity (Wildman–Crippen MR) is 163 cm³/mol. The number of carbonyl (C=O) groups is 1. The molecule has 8 heteroatoms. The molecule has 0 fully saturated rings. The molecule has 0 saturated carbocycles. The Hall–Kier alpha value is -3.97. The van der Waals surface area contributed by atoms with Crippen LogP contribution < -0.4 is 5.32 Å². The van der Waals surface area contributed by atoms with Gasteiger partial charge in [0, 0.05) is 39.2 Å². The van der Waals surface area contributed by atoms with Crippen molar-refractivity contribution in [2.24, 2.45) is 7.05 Å². The van der Waals surface area contributed by atoms with E-state index in [9.17, 15) is 4.79 Å². The van der Waals surface area contributed by atoms with Crippen LogP contribution in [0, 0.1) is 0 Å². The Labute approximate surface area is 246 Å². The number of hydrogen-bond donors (Lipinski definition) is 1. The van der Waals surface area contributed by atoms with E-state index in [0.717, 1.165) is 43.7 Å². The predicted octanol–water partition coefficient (Wildman–Crippen LogP) is 8.11. The van der Waals surface area contributed by atoms with Crippen LogP contribution in [-0.4, -0.2) is 20.4 Å². The normalized spacial score (nSPS) is 12.0. The third kappa shape index (κ3) is 5.39. The van der Waals surface area contributed by atoms with Crippen LogP contribution in [0.2, 0.25) is 10.0 Å². The first-order chi connectivity index (χ1) is 19.5. The second-order valence-corrected chi connectivity index (χ2v) is 11.4. The van der Waals surface area contributed by atoms with Crippen LogP contribution in [0.5, 0.6) is 0 Å². The summed E-state index contributed by atoms with van der Waals surface area (Å²) in [6.07, 6.45) is 3.69. The van der Waals surface area contributed by atoms with E-state index in [2.05, 4.69) is 22.4 Å². The third-order valence-electron chi connectivity index (χ3n) is 6.89. The van der Waals surface area contributed by atoms with Crippen molar-refractivity contribution in [3.8, 4) is 11.1 Å². The number of hydrogen-bond acceptors (Lipinski definition) is 4. The number of amides is 1. The van der Waals surface area contributed by atoms with E-state index in [1.165, 1.54) is 0 Å². The average Bonchev–Trinajstić information content (AvgIpc) is 3.64. The van der Waals surface area contributed by atoms with E-state index >= 15 is 0 Å². The largest absolute Gasteiger partial charge is 0.346 e. The first-order valence-corrected chi connectivity index (χ1v) is 14.3. The van der Waals surface area contributed by atoms with Crippen molar-refractivity contribution in [1.82, 2.24) is 19.9 Å². The molecule has 0 bridgehead atoms. The number of nitrogens with one attached hydrogen (secondary N) is 1. The molecule has 0 aliphatic heterocycles. The van der Waals surface area contributed by atoms with Crippen molar-refractivity contribution in [2.45, 2.75) is 12.5 Å². The number of fused-ring (bicyclic) bond motifs is 1. The number of rotatable bonds is 7. The fourth-order valence-electron chi connectivity index (χ4n) is 4.94. The molecule has 3 heterocycles. The van der Waals surface area contributed by atoms with Gasteiger partial charge in [0.25, 0.3) is 5.91 Å². The highest BCUT2D eigenvalue weighted by Crippen LogP contribution is 2.37. The molecule has 0 aliphatic rings. The maximum absolute atomic E-state index is 13.2. The van der Waals surface area contributed by atoms with Crippen molar-refractivity contribution in [2.75, 3.05) is 0 Å². The minimum atomic E-state index is -0.225. The van der Waals surface area contributed by atoms with E-state index in [-0.39, 0.29) is 11.8 Å². The minimum absolute atomic E-state index is 0.0878. The first-order valence-electron chi connectivity index (χ1n) is 12.7. The smallest absolute Gasteiger partial charge is 0.270 e. The molecular formula is C32H24Cl2N4OS. The summed E-state index contributed by atoms with van der Waals surface area (Å²) in [7, 11) is 1.99. The quantitative estimate of drug-likeness (QED) is 0.207. The molecule has 5 nitrogen and oxygen atoms in total. The molecule has 3 aromatic carbocycles. The molecule has 40 heavy (non-hydrogen) atoms. The lowest BCUT2D eigenvalue weighted by Crippen LogP contribution is -2.23. The third-order valence-corrected chi connectivity index (χ3v) is 8.25. The fourth-order valence-corrected chi connectivity index (χ4v) is 5.90. The molecule has 1 unspecified atom stereocenters. The molecule has 198 valence electrons. The SMILES string of the molecule is Cn1cncc1C(c1ccc(Cl)cc1)c1ccc2nc(C(=O)NCc3cccs3)cc(-c3cccc(Cl)c3)c2c1. The Morgan fingerprint density at radius 2 is 1.77 bits per heavy atom. The lowest BCUT2D eigenvalue weighted by molar-refractivity contribution is 0.0946. The Morgan fingerprint density at radius 1 is 0.950 bits per heavy atom. The average molecular weight is 584 g/mol. The zero-order valence-corrected chi connectivity index (χ0v) is 23.8. The van der Waals surface area contributed by atoms with E-state index in [1.54, 1.807) is 17.7 Å². The van der Waals surface area contributed by atoms with Gasteiger partial charge < -0.3 is 9.88 Å². The van der Waals surface area contributed by atoms with Gasteiger partial charge in [0.2, 0.25) is 0 Å². The van der Waals surface area contributed by atoms with Gasteiger partial charge in [-0.15, -0.1) is 11.3 Å². The summed E-state index contributed by atoms with van der Waals surface area (Å²) in [6, 6.07) is 27.6. The molecule has 6 aromatic rings. The second-order valence-electron chi connectivity index (χ2n) is 9.52. The molecule has 0 radical (unpaired) electrons. The van der Waals surface area contributed by atoms with Crippen LogP contribution in [0.1, 0.15) is 38.1 Å². The van der Waals surface area contributed by atoms with Crippen LogP contribution >= 0.6 is 34.5 Å². The summed E-state index contributed by atoms with van der Waals surface area (Å²) in [4.78, 5) is 23.4. The number of aryl methyl sites for hydroxylation is 1. The summed E-state index contributed by atoms with van der Waals surface area (Å²) >= 11 is 14.2. The second kappa shape index (κ2) is 11.3. The van der Waals surface area contributed by atoms with Gasteiger partial charge in [-0.3, -0.25) is 4.79 Å². The summed E-state index contributed by atoms with van der Waals surface area (Å²) in [5.41, 5.74) is 6.08. The number of aromatic nitrogens is 3. The number of pyridine rings is 1. The Bertz CT molecular complexity index is 1810. The topological polar surface area (TPSA) is 59.8 Å². The highest BCUT2D eigenvalue weighted by Gasteiger charge is 2.22. The van der Waals surface area contributed by atoms with Gasteiger partial charge in [0.1, 0.15) is 5.69 Å². The van der Waals surface area contributed by atoms with Crippen LogP contribution in [-0.2, 0) is 13.6 Å². The monoisotopic (exact) mass is 582 g/mol. The van der Waals surface area contributed by atoms with Crippen molar-refractivity contribution >= 4 is 51.3 Å². The van der Waals surface area contributed by atoms with Gasteiger partial charge in [-0.25, -0.2) is 9.97 Å². The van der Waals surface area contributed by atoms with E-state index in [4.69, 9.17) is 28.2 Å². The number of imidazole rings is 1. The molecular weight excluding hydrogens is 559 g/mol. The highest BCUT2D eigenvalue weighted by molar-refractivity contribution is 7.09. The molecule has 0 saturated heterocycles.